The quantitative estimate of drug-likeness (QED) is 0.776. The van der Waals surface area contributed by atoms with Crippen molar-refractivity contribution in [3.8, 4) is 0 Å². The van der Waals surface area contributed by atoms with Gasteiger partial charge in [-0.2, -0.15) is 8.78 Å². The van der Waals surface area contributed by atoms with E-state index in [4.69, 9.17) is 11.6 Å². The number of alkyl halides is 3. The predicted octanol–water partition coefficient (Wildman–Crippen LogP) is 1.73. The molecule has 0 heterocycles. The van der Waals surface area contributed by atoms with Crippen molar-refractivity contribution in [2.24, 2.45) is 5.41 Å². The summed E-state index contributed by atoms with van der Waals surface area (Å²) in [5.41, 5.74) is -0.799. The number of ketones is 1. The first-order chi connectivity index (χ1) is 7.41. The molecule has 1 N–H and O–H groups in total. The van der Waals surface area contributed by atoms with Crippen LogP contribution >= 0.6 is 11.6 Å². The van der Waals surface area contributed by atoms with Crippen LogP contribution in [0.4, 0.5) is 8.78 Å². The summed E-state index contributed by atoms with van der Waals surface area (Å²) in [7, 11) is 0. The molecule has 0 radical (unpaired) electrons. The summed E-state index contributed by atoms with van der Waals surface area (Å²) in [6.07, 6.45) is -1.20. The van der Waals surface area contributed by atoms with Crippen LogP contribution in [0.15, 0.2) is 0 Å². The Morgan fingerprint density at radius 1 is 1.56 bits per heavy atom. The molecule has 0 spiro atoms. The van der Waals surface area contributed by atoms with Crippen molar-refractivity contribution in [2.75, 3.05) is 5.88 Å². The van der Waals surface area contributed by atoms with Gasteiger partial charge < -0.3 is 5.32 Å². The molecule has 6 heteroatoms. The van der Waals surface area contributed by atoms with Gasteiger partial charge in [-0.25, -0.2) is 0 Å². The van der Waals surface area contributed by atoms with Gasteiger partial charge in [-0.15, -0.1) is 11.6 Å². The third kappa shape index (κ3) is 2.51. The molecule has 0 aromatic rings. The van der Waals surface area contributed by atoms with Crippen LogP contribution in [0, 0.1) is 5.41 Å². The number of nitrogens with one attached hydrogen (secondary N) is 1. The molecule has 0 bridgehead atoms. The maximum absolute atomic E-state index is 12.1. The van der Waals surface area contributed by atoms with Gasteiger partial charge in [-0.05, 0) is 12.8 Å². The Hall–Kier alpha value is -0.710. The average molecular weight is 254 g/mol. The lowest BCUT2D eigenvalue weighted by atomic mass is 9.81. The van der Waals surface area contributed by atoms with Crippen LogP contribution in [0.25, 0.3) is 0 Å². The van der Waals surface area contributed by atoms with Crippen LogP contribution in [0.5, 0.6) is 0 Å². The van der Waals surface area contributed by atoms with Gasteiger partial charge in [0, 0.05) is 11.5 Å². The van der Waals surface area contributed by atoms with Crippen molar-refractivity contribution >= 4 is 23.3 Å². The van der Waals surface area contributed by atoms with Gasteiger partial charge in [0.2, 0.25) is 0 Å². The third-order valence-electron chi connectivity index (χ3n) is 3.23. The van der Waals surface area contributed by atoms with E-state index in [0.717, 1.165) is 6.42 Å². The van der Waals surface area contributed by atoms with Crippen molar-refractivity contribution in [3.05, 3.63) is 0 Å². The summed E-state index contributed by atoms with van der Waals surface area (Å²) in [5.74, 6) is -1.68. The summed E-state index contributed by atoms with van der Waals surface area (Å²) in [6.45, 7) is 1.67. The fourth-order valence-corrected chi connectivity index (χ4v) is 2.42. The Kier molecular flexibility index (Phi) is 4.24. The highest BCUT2D eigenvalue weighted by Gasteiger charge is 2.45. The van der Waals surface area contributed by atoms with Crippen molar-refractivity contribution in [2.45, 2.75) is 38.7 Å². The van der Waals surface area contributed by atoms with E-state index in [1.165, 1.54) is 0 Å². The van der Waals surface area contributed by atoms with Crippen molar-refractivity contribution < 1.29 is 18.4 Å². The lowest BCUT2D eigenvalue weighted by Crippen LogP contribution is -2.49. The molecule has 92 valence electrons. The third-order valence-corrected chi connectivity index (χ3v) is 3.47. The summed E-state index contributed by atoms with van der Waals surface area (Å²) in [5, 5.41) is 2.22. The van der Waals surface area contributed by atoms with E-state index in [-0.39, 0.29) is 11.7 Å². The van der Waals surface area contributed by atoms with E-state index in [1.54, 1.807) is 6.92 Å². The van der Waals surface area contributed by atoms with E-state index in [0.29, 0.717) is 12.8 Å². The maximum atomic E-state index is 12.1. The second-order valence-electron chi connectivity index (χ2n) is 4.23. The molecule has 0 saturated heterocycles. The Balaban J connectivity index is 2.72. The van der Waals surface area contributed by atoms with Gasteiger partial charge in [0.05, 0.1) is 5.88 Å². The Bertz CT molecular complexity index is 299. The second kappa shape index (κ2) is 5.08. The number of hydrogen-bond donors (Lipinski definition) is 1. The van der Waals surface area contributed by atoms with Crippen LogP contribution in [-0.4, -0.2) is 30.0 Å². The minimum absolute atomic E-state index is 0.155. The first-order valence-electron chi connectivity index (χ1n) is 5.09. The smallest absolute Gasteiger partial charge is 0.315 e. The molecule has 1 fully saturated rings. The lowest BCUT2D eigenvalue weighted by Gasteiger charge is -2.29. The fraction of sp³-hybridized carbons (Fsp3) is 0.800. The number of rotatable bonds is 4. The van der Waals surface area contributed by atoms with Crippen LogP contribution < -0.4 is 5.32 Å². The molecule has 2 unspecified atom stereocenters. The number of carbonyl (C=O) groups is 2. The summed E-state index contributed by atoms with van der Waals surface area (Å²) >= 11 is 5.48. The zero-order valence-corrected chi connectivity index (χ0v) is 9.69. The minimum Gasteiger partial charge on any atom is -0.347 e. The highest BCUT2D eigenvalue weighted by Crippen LogP contribution is 2.39. The second-order valence-corrected chi connectivity index (χ2v) is 4.50. The number of Topliss-reactive ketones (excluding diaryl/α,β-unsaturated/α-hetero) is 1. The first kappa shape index (κ1) is 13.4. The highest BCUT2D eigenvalue weighted by atomic mass is 35.5. The molecular weight excluding hydrogens is 240 g/mol. The van der Waals surface area contributed by atoms with E-state index in [2.05, 4.69) is 5.32 Å². The number of amides is 1. The molecule has 16 heavy (non-hydrogen) atoms. The summed E-state index contributed by atoms with van der Waals surface area (Å²) in [4.78, 5) is 22.5. The Labute approximate surface area is 97.5 Å². The van der Waals surface area contributed by atoms with Crippen molar-refractivity contribution in [1.82, 2.24) is 5.32 Å². The molecule has 1 rings (SSSR count). The topological polar surface area (TPSA) is 46.2 Å². The van der Waals surface area contributed by atoms with Crippen molar-refractivity contribution in [3.63, 3.8) is 0 Å². The number of carbonyl (C=O) groups excluding carboxylic acids is 2. The van der Waals surface area contributed by atoms with E-state index in [9.17, 15) is 18.4 Å². The number of hydrogen-bond acceptors (Lipinski definition) is 2. The molecule has 1 saturated carbocycles. The zero-order valence-electron chi connectivity index (χ0n) is 8.93. The van der Waals surface area contributed by atoms with Crippen LogP contribution in [0.1, 0.15) is 26.2 Å². The molecule has 0 aromatic heterocycles. The SMILES string of the molecule is CC1(C(=O)CCl)CCCC1NC(=O)C(F)F. The van der Waals surface area contributed by atoms with Gasteiger partial charge in [0.25, 0.3) is 5.91 Å². The van der Waals surface area contributed by atoms with E-state index < -0.39 is 23.8 Å². The number of halogens is 3. The normalized spacial score (nSPS) is 29.4. The molecule has 0 aromatic carbocycles. The average Bonchev–Trinajstić information content (AvgIpc) is 2.60. The molecular formula is C10H14ClF2NO2. The maximum Gasteiger partial charge on any atom is 0.315 e. The van der Waals surface area contributed by atoms with Gasteiger partial charge in [-0.1, -0.05) is 13.3 Å². The predicted molar refractivity (Wildman–Crippen MR) is 55.6 cm³/mol. The summed E-state index contributed by atoms with van der Waals surface area (Å²) < 4.78 is 24.2. The molecule has 1 aliphatic carbocycles. The fourth-order valence-electron chi connectivity index (χ4n) is 2.12. The first-order valence-corrected chi connectivity index (χ1v) is 5.63. The largest absolute Gasteiger partial charge is 0.347 e. The molecule has 1 aliphatic rings. The highest BCUT2D eigenvalue weighted by molar-refractivity contribution is 6.28. The summed E-state index contributed by atoms with van der Waals surface area (Å²) in [6, 6.07) is -0.528. The van der Waals surface area contributed by atoms with Crippen LogP contribution in [0.3, 0.4) is 0 Å². The molecule has 1 amide bonds. The van der Waals surface area contributed by atoms with Gasteiger partial charge in [0.1, 0.15) is 0 Å². The van der Waals surface area contributed by atoms with E-state index >= 15 is 0 Å². The van der Waals surface area contributed by atoms with Crippen molar-refractivity contribution in [1.29, 1.82) is 0 Å². The molecule has 0 aliphatic heterocycles. The Morgan fingerprint density at radius 3 is 2.69 bits per heavy atom. The Morgan fingerprint density at radius 2 is 2.19 bits per heavy atom. The molecule has 2 atom stereocenters. The lowest BCUT2D eigenvalue weighted by molar-refractivity contribution is -0.134. The molecule has 3 nitrogen and oxygen atoms in total. The zero-order chi connectivity index (χ0) is 12.3. The monoisotopic (exact) mass is 253 g/mol. The van der Waals surface area contributed by atoms with E-state index in [1.807, 2.05) is 0 Å². The van der Waals surface area contributed by atoms with Crippen LogP contribution in [0.2, 0.25) is 0 Å². The van der Waals surface area contributed by atoms with Crippen LogP contribution in [-0.2, 0) is 9.59 Å². The minimum atomic E-state index is -3.05. The van der Waals surface area contributed by atoms with Gasteiger partial charge >= 0.3 is 6.43 Å². The van der Waals surface area contributed by atoms with Gasteiger partial charge in [0.15, 0.2) is 5.78 Å². The standard InChI is InChI=1S/C10H14ClF2NO2/c1-10(7(15)5-11)4-2-3-6(10)14-9(16)8(12)13/h6,8H,2-5H2,1H3,(H,14,16). The van der Waals surface area contributed by atoms with Gasteiger partial charge in [-0.3, -0.25) is 9.59 Å².